The first-order chi connectivity index (χ1) is 10.8. The molecule has 0 fully saturated rings. The fourth-order valence-corrected chi connectivity index (χ4v) is 2.51. The number of carboxylic acid groups (broad SMARTS) is 1. The van der Waals surface area contributed by atoms with Gasteiger partial charge >= 0.3 is 5.97 Å². The Morgan fingerprint density at radius 2 is 2.00 bits per heavy atom. The summed E-state index contributed by atoms with van der Waals surface area (Å²) in [5, 5.41) is 9.70. The van der Waals surface area contributed by atoms with Crippen LogP contribution in [0, 0.1) is 0 Å². The highest BCUT2D eigenvalue weighted by atomic mass is 32.1. The Hall–Kier alpha value is -2.41. The Bertz CT molecular complexity index is 732. The van der Waals surface area contributed by atoms with Crippen molar-refractivity contribution >= 4 is 23.1 Å². The number of rotatable bonds is 5. The Labute approximate surface area is 138 Å². The lowest BCUT2D eigenvalue weighted by Crippen LogP contribution is -2.13. The van der Waals surface area contributed by atoms with E-state index in [1.807, 2.05) is 20.8 Å². The number of aromatic nitrogens is 2. The molecule has 1 aromatic carbocycles. The molecule has 1 heterocycles. The van der Waals surface area contributed by atoms with Crippen LogP contribution >= 0.6 is 11.5 Å². The molecule has 122 valence electrons. The lowest BCUT2D eigenvalue weighted by Gasteiger charge is -2.12. The van der Waals surface area contributed by atoms with Crippen LogP contribution in [0.5, 0.6) is 10.9 Å². The fourth-order valence-electron chi connectivity index (χ4n) is 1.77. The molecular weight excluding hydrogens is 316 g/mol. The number of ether oxygens (including phenoxy) is 2. The second-order valence-corrected chi connectivity index (χ2v) is 6.52. The molecule has 0 unspecified atom stereocenters. The van der Waals surface area contributed by atoms with Gasteiger partial charge in [-0.05, 0) is 6.07 Å². The molecule has 0 atom stereocenters. The van der Waals surface area contributed by atoms with Gasteiger partial charge in [0.1, 0.15) is 11.3 Å². The van der Waals surface area contributed by atoms with E-state index < -0.39 is 5.97 Å². The van der Waals surface area contributed by atoms with E-state index in [0.29, 0.717) is 22.3 Å². The van der Waals surface area contributed by atoms with Gasteiger partial charge in [0, 0.05) is 22.5 Å². The number of carboxylic acids is 1. The molecule has 0 radical (unpaired) electrons. The van der Waals surface area contributed by atoms with Gasteiger partial charge in [-0.1, -0.05) is 39.0 Å². The standard InChI is InChI=1S/C16H18N2O4S/c1-16(2,3)14-17-15(23-18-14)22-12-8-6-5-7-10(12)11(9-21-4)13(19)20/h5-9H,1-4H3,(H,19,20)/b11-9+. The molecule has 0 saturated carbocycles. The molecule has 0 aliphatic carbocycles. The molecule has 0 aliphatic heterocycles. The van der Waals surface area contributed by atoms with Crippen molar-refractivity contribution in [1.29, 1.82) is 0 Å². The molecule has 6 nitrogen and oxygen atoms in total. The number of hydrogen-bond donors (Lipinski definition) is 1. The molecular formula is C16H18N2O4S. The van der Waals surface area contributed by atoms with Gasteiger partial charge in [0.25, 0.3) is 5.19 Å². The molecule has 0 bridgehead atoms. The van der Waals surface area contributed by atoms with Crippen molar-refractivity contribution in [2.24, 2.45) is 0 Å². The van der Waals surface area contributed by atoms with Crippen molar-refractivity contribution in [3.8, 4) is 10.9 Å². The zero-order valence-corrected chi connectivity index (χ0v) is 14.2. The van der Waals surface area contributed by atoms with Crippen LogP contribution in [0.15, 0.2) is 30.5 Å². The number of benzene rings is 1. The van der Waals surface area contributed by atoms with Gasteiger partial charge in [-0.25, -0.2) is 4.79 Å². The van der Waals surface area contributed by atoms with Crippen molar-refractivity contribution in [1.82, 2.24) is 9.36 Å². The molecule has 0 spiro atoms. The van der Waals surface area contributed by atoms with E-state index in [9.17, 15) is 9.90 Å². The van der Waals surface area contributed by atoms with Gasteiger partial charge in [0.15, 0.2) is 5.82 Å². The monoisotopic (exact) mass is 334 g/mol. The summed E-state index contributed by atoms with van der Waals surface area (Å²) in [5.41, 5.74) is 0.234. The van der Waals surface area contributed by atoms with Gasteiger partial charge in [0.2, 0.25) is 0 Å². The highest BCUT2D eigenvalue weighted by Gasteiger charge is 2.22. The van der Waals surface area contributed by atoms with Crippen LogP contribution < -0.4 is 4.74 Å². The van der Waals surface area contributed by atoms with E-state index in [1.54, 1.807) is 24.3 Å². The van der Waals surface area contributed by atoms with E-state index in [-0.39, 0.29) is 11.0 Å². The van der Waals surface area contributed by atoms with Crippen LogP contribution in [-0.2, 0) is 14.9 Å². The number of methoxy groups -OCH3 is 1. The molecule has 0 saturated heterocycles. The summed E-state index contributed by atoms with van der Waals surface area (Å²) >= 11 is 1.13. The second kappa shape index (κ2) is 6.78. The maximum Gasteiger partial charge on any atom is 0.339 e. The molecule has 2 aromatic rings. The van der Waals surface area contributed by atoms with Gasteiger partial charge < -0.3 is 14.6 Å². The van der Waals surface area contributed by atoms with Crippen LogP contribution in [-0.4, -0.2) is 27.5 Å². The minimum Gasteiger partial charge on any atom is -0.503 e. The normalized spacial score (nSPS) is 12.1. The number of nitrogens with zero attached hydrogens (tertiary/aromatic N) is 2. The average molecular weight is 334 g/mol. The summed E-state index contributed by atoms with van der Waals surface area (Å²) in [6.07, 6.45) is 1.17. The van der Waals surface area contributed by atoms with E-state index >= 15 is 0 Å². The Morgan fingerprint density at radius 1 is 1.30 bits per heavy atom. The SMILES string of the molecule is CO/C=C(/C(=O)O)c1ccccc1Oc1nc(C(C)(C)C)ns1. The maximum atomic E-state index is 11.4. The van der Waals surface area contributed by atoms with E-state index in [0.717, 1.165) is 11.5 Å². The maximum absolute atomic E-state index is 11.4. The lowest BCUT2D eigenvalue weighted by atomic mass is 9.96. The zero-order valence-electron chi connectivity index (χ0n) is 13.4. The molecule has 0 aliphatic rings. The third-order valence-corrected chi connectivity index (χ3v) is 3.51. The minimum atomic E-state index is -1.10. The summed E-state index contributed by atoms with van der Waals surface area (Å²) in [4.78, 5) is 15.8. The highest BCUT2D eigenvalue weighted by molar-refractivity contribution is 7.07. The van der Waals surface area contributed by atoms with Crippen molar-refractivity contribution in [3.63, 3.8) is 0 Å². The highest BCUT2D eigenvalue weighted by Crippen LogP contribution is 2.32. The zero-order chi connectivity index (χ0) is 17.0. The molecule has 1 aromatic heterocycles. The quantitative estimate of drug-likeness (QED) is 0.663. The predicted octanol–water partition coefficient (Wildman–Crippen LogP) is 3.70. The number of aliphatic carboxylic acids is 1. The van der Waals surface area contributed by atoms with E-state index in [1.165, 1.54) is 13.4 Å². The largest absolute Gasteiger partial charge is 0.503 e. The summed E-state index contributed by atoms with van der Waals surface area (Å²) < 4.78 is 14.9. The smallest absolute Gasteiger partial charge is 0.339 e. The first kappa shape index (κ1) is 17.0. The molecule has 7 heteroatoms. The van der Waals surface area contributed by atoms with Crippen molar-refractivity contribution < 1.29 is 19.4 Å². The first-order valence-electron chi connectivity index (χ1n) is 6.90. The third kappa shape index (κ3) is 4.07. The fraction of sp³-hybridized carbons (Fsp3) is 0.312. The van der Waals surface area contributed by atoms with Crippen molar-refractivity contribution in [3.05, 3.63) is 41.9 Å². The average Bonchev–Trinajstić information content (AvgIpc) is 2.94. The van der Waals surface area contributed by atoms with Crippen LogP contribution in [0.25, 0.3) is 5.57 Å². The lowest BCUT2D eigenvalue weighted by molar-refractivity contribution is -0.130. The van der Waals surface area contributed by atoms with E-state index in [4.69, 9.17) is 9.47 Å². The summed E-state index contributed by atoms with van der Waals surface area (Å²) in [5.74, 6) is -0.0359. The molecule has 0 amide bonds. The summed E-state index contributed by atoms with van der Waals surface area (Å²) in [6.45, 7) is 6.03. The van der Waals surface area contributed by atoms with Gasteiger partial charge in [0.05, 0.1) is 13.4 Å². The first-order valence-corrected chi connectivity index (χ1v) is 7.68. The molecule has 1 N–H and O–H groups in total. The van der Waals surface area contributed by atoms with Gasteiger partial charge in [-0.2, -0.15) is 9.36 Å². The van der Waals surface area contributed by atoms with Crippen molar-refractivity contribution in [2.45, 2.75) is 26.2 Å². The summed E-state index contributed by atoms with van der Waals surface area (Å²) in [7, 11) is 1.40. The minimum absolute atomic E-state index is 0.00339. The number of hydrogen-bond acceptors (Lipinski definition) is 6. The summed E-state index contributed by atoms with van der Waals surface area (Å²) in [6, 6.07) is 6.83. The van der Waals surface area contributed by atoms with E-state index in [2.05, 4.69) is 9.36 Å². The number of carbonyl (C=O) groups is 1. The third-order valence-electron chi connectivity index (χ3n) is 2.92. The van der Waals surface area contributed by atoms with Crippen LogP contribution in [0.4, 0.5) is 0 Å². The predicted molar refractivity (Wildman–Crippen MR) is 87.7 cm³/mol. The van der Waals surface area contributed by atoms with Crippen LogP contribution in [0.1, 0.15) is 32.2 Å². The Morgan fingerprint density at radius 3 is 2.57 bits per heavy atom. The van der Waals surface area contributed by atoms with Gasteiger partial charge in [-0.3, -0.25) is 0 Å². The van der Waals surface area contributed by atoms with Crippen LogP contribution in [0.2, 0.25) is 0 Å². The Kier molecular flexibility index (Phi) is 5.00. The van der Waals surface area contributed by atoms with Crippen LogP contribution in [0.3, 0.4) is 0 Å². The van der Waals surface area contributed by atoms with Crippen molar-refractivity contribution in [2.75, 3.05) is 7.11 Å². The van der Waals surface area contributed by atoms with Gasteiger partial charge in [-0.15, -0.1) is 0 Å². The Balaban J connectivity index is 2.36. The topological polar surface area (TPSA) is 81.5 Å². The molecule has 23 heavy (non-hydrogen) atoms. The number of para-hydroxylation sites is 1. The second-order valence-electron chi connectivity index (χ2n) is 5.80. The molecule has 2 rings (SSSR count).